The summed E-state index contributed by atoms with van der Waals surface area (Å²) < 4.78 is 40.1. The Kier molecular flexibility index (Phi) is 4.97. The van der Waals surface area contributed by atoms with Crippen LogP contribution in [0.1, 0.15) is 0 Å². The quantitative estimate of drug-likeness (QED) is 0.323. The van der Waals surface area contributed by atoms with E-state index in [4.69, 9.17) is 4.98 Å². The highest BCUT2D eigenvalue weighted by atomic mass is 32.2. The third-order valence-corrected chi connectivity index (χ3v) is 6.19. The molecule has 5 aromatic heterocycles. The molecule has 0 amide bonds. The van der Waals surface area contributed by atoms with E-state index in [0.717, 1.165) is 6.26 Å². The number of anilines is 1. The lowest BCUT2D eigenvalue weighted by Gasteiger charge is -2.06. The normalized spacial score (nSPS) is 11.8. The van der Waals surface area contributed by atoms with Gasteiger partial charge in [-0.25, -0.2) is 22.8 Å². The number of H-pyrrole nitrogens is 2. The maximum atomic E-state index is 14.5. The molecule has 3 N–H and O–H groups in total. The Bertz CT molecular complexity index is 1880. The Morgan fingerprint density at radius 2 is 1.75 bits per heavy atom. The van der Waals surface area contributed by atoms with Gasteiger partial charge in [0.05, 0.1) is 35.2 Å². The number of aromatic nitrogens is 7. The molecule has 0 unspecified atom stereocenters. The maximum absolute atomic E-state index is 14.5. The molecule has 5 heterocycles. The summed E-state index contributed by atoms with van der Waals surface area (Å²) in [5.74, 6) is 0.126. The van der Waals surface area contributed by atoms with Gasteiger partial charge in [0.2, 0.25) is 10.0 Å². The Labute approximate surface area is 203 Å². The molecule has 6 rings (SSSR count). The van der Waals surface area contributed by atoms with E-state index in [1.165, 1.54) is 12.3 Å². The zero-order valence-corrected chi connectivity index (χ0v) is 19.5. The maximum Gasteiger partial charge on any atom is 0.229 e. The van der Waals surface area contributed by atoms with Crippen molar-refractivity contribution in [1.82, 2.24) is 35.1 Å². The molecule has 0 aliphatic carbocycles. The second-order valence-electron chi connectivity index (χ2n) is 8.18. The van der Waals surface area contributed by atoms with Crippen LogP contribution in [-0.2, 0) is 10.0 Å². The number of pyridine rings is 3. The number of hydrogen-bond acceptors (Lipinski definition) is 7. The van der Waals surface area contributed by atoms with Crippen LogP contribution < -0.4 is 4.72 Å². The molecule has 0 saturated heterocycles. The molecule has 0 bridgehead atoms. The predicted molar refractivity (Wildman–Crippen MR) is 134 cm³/mol. The van der Waals surface area contributed by atoms with E-state index in [1.807, 2.05) is 6.07 Å². The lowest BCUT2D eigenvalue weighted by Crippen LogP contribution is -2.09. The minimum atomic E-state index is -3.45. The van der Waals surface area contributed by atoms with Gasteiger partial charge >= 0.3 is 0 Å². The summed E-state index contributed by atoms with van der Waals surface area (Å²) in [4.78, 5) is 20.8. The largest absolute Gasteiger partial charge is 0.335 e. The van der Waals surface area contributed by atoms with Crippen molar-refractivity contribution in [3.8, 4) is 33.8 Å². The Hall–Kier alpha value is -4.71. The average molecular weight is 501 g/mol. The number of imidazole rings is 1. The monoisotopic (exact) mass is 500 g/mol. The van der Waals surface area contributed by atoms with Crippen molar-refractivity contribution in [1.29, 1.82) is 0 Å². The van der Waals surface area contributed by atoms with E-state index in [1.54, 1.807) is 49.1 Å². The summed E-state index contributed by atoms with van der Waals surface area (Å²) in [6.07, 6.45) is 8.96. The minimum Gasteiger partial charge on any atom is -0.335 e. The van der Waals surface area contributed by atoms with Crippen LogP contribution in [0, 0.1) is 5.82 Å². The van der Waals surface area contributed by atoms with Crippen molar-refractivity contribution in [3.05, 3.63) is 73.2 Å². The number of nitrogens with zero attached hydrogens (tertiary/aromatic N) is 5. The second-order valence-corrected chi connectivity index (χ2v) is 9.93. The zero-order chi connectivity index (χ0) is 24.9. The van der Waals surface area contributed by atoms with Crippen molar-refractivity contribution in [3.63, 3.8) is 0 Å². The van der Waals surface area contributed by atoms with E-state index in [9.17, 15) is 12.8 Å². The van der Waals surface area contributed by atoms with Crippen LogP contribution in [0.4, 0.5) is 10.1 Å². The molecule has 178 valence electrons. The lowest BCUT2D eigenvalue weighted by molar-refractivity contribution is 0.607. The number of nitrogens with one attached hydrogen (secondary N) is 3. The van der Waals surface area contributed by atoms with Gasteiger partial charge in [0.15, 0.2) is 11.5 Å². The summed E-state index contributed by atoms with van der Waals surface area (Å²) in [7, 11) is -3.45. The number of benzene rings is 1. The fraction of sp³-hybridized carbons (Fsp3) is 0.0417. The number of fused-ring (bicyclic) bond motifs is 2. The highest BCUT2D eigenvalue weighted by molar-refractivity contribution is 7.92. The number of rotatable bonds is 5. The van der Waals surface area contributed by atoms with Gasteiger partial charge in [0, 0.05) is 40.8 Å². The summed E-state index contributed by atoms with van der Waals surface area (Å²) in [6.45, 7) is 0. The standard InChI is InChI=1S/C24H17FN8O2S/c1-36(34,35)33-15-6-13(8-26-10-15)14-7-17-22(31-32-23(17)28-9-14)24-29-20-12-27-11-18(21(20)30-24)16-4-2-3-5-19(16)25/h2-12,33H,1H3,(H,29,30)(H,28,31,32). The van der Waals surface area contributed by atoms with Crippen LogP contribution in [0.5, 0.6) is 0 Å². The fourth-order valence-corrected chi connectivity index (χ4v) is 4.57. The van der Waals surface area contributed by atoms with Crippen LogP contribution in [-0.4, -0.2) is 49.8 Å². The molecule has 0 spiro atoms. The van der Waals surface area contributed by atoms with Gasteiger partial charge in [-0.3, -0.25) is 19.8 Å². The third kappa shape index (κ3) is 3.92. The summed E-state index contributed by atoms with van der Waals surface area (Å²) in [5.41, 5.74) is 4.96. The molecule has 0 fully saturated rings. The van der Waals surface area contributed by atoms with Gasteiger partial charge in [-0.15, -0.1) is 0 Å². The molecular formula is C24H17FN8O2S. The molecule has 0 radical (unpaired) electrons. The van der Waals surface area contributed by atoms with Crippen LogP contribution in [0.2, 0.25) is 0 Å². The van der Waals surface area contributed by atoms with E-state index >= 15 is 0 Å². The zero-order valence-electron chi connectivity index (χ0n) is 18.7. The number of sulfonamides is 1. The van der Waals surface area contributed by atoms with E-state index < -0.39 is 10.0 Å². The molecule has 12 heteroatoms. The molecule has 0 saturated carbocycles. The lowest BCUT2D eigenvalue weighted by atomic mass is 10.1. The van der Waals surface area contributed by atoms with Crippen LogP contribution in [0.25, 0.3) is 55.8 Å². The van der Waals surface area contributed by atoms with E-state index in [-0.39, 0.29) is 5.82 Å². The number of hydrogen-bond donors (Lipinski definition) is 3. The molecule has 6 aromatic rings. The third-order valence-electron chi connectivity index (χ3n) is 5.58. The number of halogens is 1. The summed E-state index contributed by atoms with van der Waals surface area (Å²) in [6, 6.07) is 10.0. The van der Waals surface area contributed by atoms with Crippen LogP contribution in [0.3, 0.4) is 0 Å². The molecule has 10 nitrogen and oxygen atoms in total. The molecule has 36 heavy (non-hydrogen) atoms. The average Bonchev–Trinajstić information content (AvgIpc) is 3.47. The summed E-state index contributed by atoms with van der Waals surface area (Å²) in [5, 5.41) is 7.94. The van der Waals surface area contributed by atoms with E-state index in [2.05, 4.69) is 34.9 Å². The van der Waals surface area contributed by atoms with Gasteiger partial charge in [0.1, 0.15) is 17.0 Å². The van der Waals surface area contributed by atoms with Gasteiger partial charge in [-0.1, -0.05) is 18.2 Å². The Morgan fingerprint density at radius 3 is 2.58 bits per heavy atom. The fourth-order valence-electron chi connectivity index (χ4n) is 4.03. The van der Waals surface area contributed by atoms with E-state index in [0.29, 0.717) is 61.5 Å². The Balaban J connectivity index is 1.46. The van der Waals surface area contributed by atoms with Gasteiger partial charge in [-0.05, 0) is 18.2 Å². The molecule has 1 aromatic carbocycles. The highest BCUT2D eigenvalue weighted by Crippen LogP contribution is 2.33. The van der Waals surface area contributed by atoms with Crippen molar-refractivity contribution < 1.29 is 12.8 Å². The minimum absolute atomic E-state index is 0.341. The number of aromatic amines is 2. The predicted octanol–water partition coefficient (Wildman–Crippen LogP) is 4.14. The van der Waals surface area contributed by atoms with Crippen LogP contribution >= 0.6 is 0 Å². The first-order valence-electron chi connectivity index (χ1n) is 10.7. The van der Waals surface area contributed by atoms with Crippen molar-refractivity contribution in [2.24, 2.45) is 0 Å². The first-order chi connectivity index (χ1) is 17.4. The molecule has 0 aliphatic heterocycles. The van der Waals surface area contributed by atoms with Crippen molar-refractivity contribution in [2.45, 2.75) is 0 Å². The topological polar surface area (TPSA) is 142 Å². The van der Waals surface area contributed by atoms with Crippen molar-refractivity contribution >= 4 is 37.8 Å². The van der Waals surface area contributed by atoms with Crippen LogP contribution in [0.15, 0.2) is 67.4 Å². The summed E-state index contributed by atoms with van der Waals surface area (Å²) >= 11 is 0. The van der Waals surface area contributed by atoms with Gasteiger partial charge < -0.3 is 4.98 Å². The smallest absolute Gasteiger partial charge is 0.229 e. The molecule has 0 aliphatic rings. The Morgan fingerprint density at radius 1 is 0.944 bits per heavy atom. The molecular weight excluding hydrogens is 483 g/mol. The molecule has 0 atom stereocenters. The SMILES string of the molecule is CS(=O)(=O)Nc1cncc(-c2cnc3n[nH]c(-c4nc5c(-c6ccccc6F)cncc5[nH]4)c3c2)c1. The van der Waals surface area contributed by atoms with Gasteiger partial charge in [0.25, 0.3) is 0 Å². The van der Waals surface area contributed by atoms with Gasteiger partial charge in [-0.2, -0.15) is 5.10 Å². The first kappa shape index (κ1) is 21.8. The first-order valence-corrected chi connectivity index (χ1v) is 12.6. The van der Waals surface area contributed by atoms with Crippen molar-refractivity contribution in [2.75, 3.05) is 11.0 Å². The second kappa shape index (κ2) is 8.20. The highest BCUT2D eigenvalue weighted by Gasteiger charge is 2.17.